The van der Waals surface area contributed by atoms with Gasteiger partial charge in [-0.25, -0.2) is 19.9 Å². The van der Waals surface area contributed by atoms with Gasteiger partial charge in [-0.05, 0) is 35.7 Å². The number of aromatic nitrogens is 4. The number of furan rings is 1. The highest BCUT2D eigenvalue weighted by molar-refractivity contribution is 7.25. The molecule has 4 heterocycles. The Hall–Kier alpha value is -6.28. The van der Waals surface area contributed by atoms with E-state index in [1.807, 2.05) is 54.6 Å². The minimum atomic E-state index is 0.591. The normalized spacial score (nSPS) is 11.9. The maximum absolute atomic E-state index is 6.53. The van der Waals surface area contributed by atoms with E-state index >= 15 is 0 Å². The fraction of sp³-hybridized carbons (Fsp3) is 0. The monoisotopic (exact) mass is 688 g/mol. The Balaban J connectivity index is 1.15. The molecule has 0 radical (unpaired) electrons. The van der Waals surface area contributed by atoms with Crippen LogP contribution in [-0.4, -0.2) is 19.9 Å². The van der Waals surface area contributed by atoms with Crippen molar-refractivity contribution >= 4 is 85.8 Å². The highest BCUT2D eigenvalue weighted by Gasteiger charge is 2.22. The first-order chi connectivity index (χ1) is 25.2. The van der Waals surface area contributed by atoms with Crippen LogP contribution < -0.4 is 0 Å². The molecular weight excluding hydrogens is 665 g/mol. The number of nitrogens with zero attached hydrogens (tertiary/aromatic N) is 4. The molecule has 51 heavy (non-hydrogen) atoms. The summed E-state index contributed by atoms with van der Waals surface area (Å²) in [6, 6.07) is 50.3. The van der Waals surface area contributed by atoms with Crippen LogP contribution in [0.15, 0.2) is 150 Å². The van der Waals surface area contributed by atoms with Gasteiger partial charge in [-0.3, -0.25) is 0 Å². The highest BCUT2D eigenvalue weighted by atomic mass is 32.1. The predicted octanol–water partition coefficient (Wildman–Crippen LogP) is 12.6. The lowest BCUT2D eigenvalue weighted by Crippen LogP contribution is -2.00. The average Bonchev–Trinajstić information content (AvgIpc) is 3.91. The van der Waals surface area contributed by atoms with Crippen molar-refractivity contribution in [2.75, 3.05) is 0 Å². The lowest BCUT2D eigenvalue weighted by molar-refractivity contribution is 0.669. The molecule has 7 aromatic carbocycles. The zero-order chi connectivity index (χ0) is 33.5. The maximum atomic E-state index is 6.53. The maximum Gasteiger partial charge on any atom is 0.164 e. The van der Waals surface area contributed by atoms with Gasteiger partial charge in [0.2, 0.25) is 0 Å². The zero-order valence-electron chi connectivity index (χ0n) is 26.9. The number of benzene rings is 7. The van der Waals surface area contributed by atoms with Gasteiger partial charge >= 0.3 is 0 Å². The standard InChI is InChI=1S/C44H24N4OS2/c1-2-11-26(12-3-1)41-46-42(27-20-22-30-29-14-6-7-19-36(29)50-37(30)24-27)48-43(47-41)31-15-8-17-34-38(31)39-32(16-9-18-35(39)49-34)44-45-33-23-21-25-10-4-5-13-28(25)40(33)51-44/h1-24H. The van der Waals surface area contributed by atoms with Crippen LogP contribution >= 0.6 is 22.7 Å². The number of hydrogen-bond acceptors (Lipinski definition) is 7. The summed E-state index contributed by atoms with van der Waals surface area (Å²) in [5.74, 6) is 1.84. The summed E-state index contributed by atoms with van der Waals surface area (Å²) in [4.78, 5) is 20.5. The van der Waals surface area contributed by atoms with Crippen LogP contribution in [-0.2, 0) is 0 Å². The Morgan fingerprint density at radius 3 is 1.98 bits per heavy atom. The number of fused-ring (bicyclic) bond motifs is 9. The molecule has 5 nitrogen and oxygen atoms in total. The Morgan fingerprint density at radius 2 is 1.12 bits per heavy atom. The van der Waals surface area contributed by atoms with E-state index in [4.69, 9.17) is 24.4 Å². The lowest BCUT2D eigenvalue weighted by Gasteiger charge is -2.10. The van der Waals surface area contributed by atoms with E-state index in [-0.39, 0.29) is 0 Å². The SMILES string of the molecule is c1ccc(-c2nc(-c3ccc4c(c3)sc3ccccc34)nc(-c3cccc4oc5cccc(-c6nc7ccc8ccccc8c7s6)c5c34)n2)cc1. The molecule has 0 fully saturated rings. The fourth-order valence-electron chi connectivity index (χ4n) is 7.21. The van der Waals surface area contributed by atoms with Crippen molar-refractivity contribution in [3.05, 3.63) is 146 Å². The molecule has 0 unspecified atom stereocenters. The molecule has 0 spiro atoms. The summed E-state index contributed by atoms with van der Waals surface area (Å²) < 4.78 is 10.2. The van der Waals surface area contributed by atoms with Crippen LogP contribution in [0.4, 0.5) is 0 Å². The summed E-state index contributed by atoms with van der Waals surface area (Å²) in [7, 11) is 0. The third-order valence-corrected chi connectivity index (χ3v) is 11.8. The fourth-order valence-corrected chi connectivity index (χ4v) is 9.49. The summed E-state index contributed by atoms with van der Waals surface area (Å²) in [6.45, 7) is 0. The van der Waals surface area contributed by atoms with E-state index in [1.54, 1.807) is 22.7 Å². The Kier molecular flexibility index (Phi) is 6.22. The molecule has 0 aliphatic rings. The van der Waals surface area contributed by atoms with Gasteiger partial charge in [-0.15, -0.1) is 22.7 Å². The molecule has 238 valence electrons. The topological polar surface area (TPSA) is 64.7 Å². The number of hydrogen-bond donors (Lipinski definition) is 0. The van der Waals surface area contributed by atoms with Gasteiger partial charge in [-0.1, -0.05) is 115 Å². The molecule has 4 aromatic heterocycles. The van der Waals surface area contributed by atoms with Crippen LogP contribution in [0.25, 0.3) is 108 Å². The highest BCUT2D eigenvalue weighted by Crippen LogP contribution is 2.44. The molecule has 0 saturated heterocycles. The molecule has 0 aliphatic carbocycles. The zero-order valence-corrected chi connectivity index (χ0v) is 28.5. The summed E-state index contributed by atoms with van der Waals surface area (Å²) in [5, 5.41) is 7.83. The van der Waals surface area contributed by atoms with Crippen molar-refractivity contribution in [3.8, 4) is 44.7 Å². The second-order valence-corrected chi connectivity index (χ2v) is 14.7. The molecule has 0 saturated carbocycles. The van der Waals surface area contributed by atoms with E-state index in [9.17, 15) is 0 Å². The lowest BCUT2D eigenvalue weighted by atomic mass is 10.0. The summed E-state index contributed by atoms with van der Waals surface area (Å²) in [6.07, 6.45) is 0. The molecule has 7 heteroatoms. The first-order valence-corrected chi connectivity index (χ1v) is 18.3. The second kappa shape index (κ2) is 11.1. The van der Waals surface area contributed by atoms with Crippen LogP contribution in [0.3, 0.4) is 0 Å². The van der Waals surface area contributed by atoms with Crippen molar-refractivity contribution in [2.24, 2.45) is 0 Å². The van der Waals surface area contributed by atoms with Crippen molar-refractivity contribution in [1.82, 2.24) is 19.9 Å². The van der Waals surface area contributed by atoms with Crippen LogP contribution in [0.1, 0.15) is 0 Å². The predicted molar refractivity (Wildman–Crippen MR) is 212 cm³/mol. The summed E-state index contributed by atoms with van der Waals surface area (Å²) >= 11 is 3.51. The largest absolute Gasteiger partial charge is 0.456 e. The summed E-state index contributed by atoms with van der Waals surface area (Å²) in [5.41, 5.74) is 6.34. The molecular formula is C44H24N4OS2. The van der Waals surface area contributed by atoms with E-state index in [2.05, 4.69) is 91.0 Å². The van der Waals surface area contributed by atoms with Crippen molar-refractivity contribution in [3.63, 3.8) is 0 Å². The van der Waals surface area contributed by atoms with E-state index in [0.29, 0.717) is 17.5 Å². The smallest absolute Gasteiger partial charge is 0.164 e. The van der Waals surface area contributed by atoms with Crippen LogP contribution in [0.5, 0.6) is 0 Å². The van der Waals surface area contributed by atoms with Gasteiger partial charge in [0, 0.05) is 58.6 Å². The van der Waals surface area contributed by atoms with Gasteiger partial charge < -0.3 is 4.42 Å². The molecule has 0 bridgehead atoms. The number of thiophene rings is 1. The number of thiazole rings is 1. The van der Waals surface area contributed by atoms with Gasteiger partial charge in [0.05, 0.1) is 10.2 Å². The van der Waals surface area contributed by atoms with E-state index < -0.39 is 0 Å². The van der Waals surface area contributed by atoms with E-state index in [0.717, 1.165) is 54.7 Å². The molecule has 0 amide bonds. The van der Waals surface area contributed by atoms with Crippen molar-refractivity contribution in [1.29, 1.82) is 0 Å². The third-order valence-electron chi connectivity index (χ3n) is 9.58. The van der Waals surface area contributed by atoms with Gasteiger partial charge in [0.15, 0.2) is 17.5 Å². The number of rotatable bonds is 4. The van der Waals surface area contributed by atoms with Crippen molar-refractivity contribution in [2.45, 2.75) is 0 Å². The van der Waals surface area contributed by atoms with Crippen LogP contribution in [0.2, 0.25) is 0 Å². The molecule has 0 N–H and O–H groups in total. The molecule has 11 aromatic rings. The first-order valence-electron chi connectivity index (χ1n) is 16.7. The Bertz CT molecular complexity index is 3160. The minimum absolute atomic E-state index is 0.591. The quantitative estimate of drug-likeness (QED) is 0.184. The van der Waals surface area contributed by atoms with Gasteiger partial charge in [0.1, 0.15) is 16.2 Å². The Morgan fingerprint density at radius 1 is 0.431 bits per heavy atom. The van der Waals surface area contributed by atoms with Crippen molar-refractivity contribution < 1.29 is 4.42 Å². The third kappa shape index (κ3) is 4.52. The van der Waals surface area contributed by atoms with Crippen LogP contribution in [0, 0.1) is 0 Å². The minimum Gasteiger partial charge on any atom is -0.456 e. The first kappa shape index (κ1) is 28.5. The molecule has 0 atom stereocenters. The Labute approximate surface area is 299 Å². The van der Waals surface area contributed by atoms with E-state index in [1.165, 1.54) is 35.6 Å². The molecule has 0 aliphatic heterocycles. The van der Waals surface area contributed by atoms with Gasteiger partial charge in [-0.2, -0.15) is 0 Å². The molecule has 11 rings (SSSR count). The van der Waals surface area contributed by atoms with Gasteiger partial charge in [0.25, 0.3) is 0 Å². The second-order valence-electron chi connectivity index (χ2n) is 12.6. The average molecular weight is 689 g/mol.